The Bertz CT molecular complexity index is 722. The number of oxime groups is 1. The van der Waals surface area contributed by atoms with E-state index in [-0.39, 0.29) is 10.8 Å². The van der Waals surface area contributed by atoms with Gasteiger partial charge in [-0.05, 0) is 33.3 Å². The Balaban J connectivity index is 1.91. The van der Waals surface area contributed by atoms with Crippen molar-refractivity contribution in [1.29, 1.82) is 0 Å². The summed E-state index contributed by atoms with van der Waals surface area (Å²) in [6, 6.07) is 9.49. The zero-order valence-electron chi connectivity index (χ0n) is 13.3. The summed E-state index contributed by atoms with van der Waals surface area (Å²) in [6.07, 6.45) is 0.292. The van der Waals surface area contributed by atoms with E-state index in [1.165, 1.54) is 0 Å². The lowest BCUT2D eigenvalue weighted by atomic mass is 9.90. The highest BCUT2D eigenvalue weighted by Crippen LogP contribution is 2.56. The minimum Gasteiger partial charge on any atom is -0.389 e. The van der Waals surface area contributed by atoms with Crippen LogP contribution in [0.1, 0.15) is 39.7 Å². The third-order valence-electron chi connectivity index (χ3n) is 4.32. The summed E-state index contributed by atoms with van der Waals surface area (Å²) in [4.78, 5) is 5.20. The number of epoxide rings is 1. The molecule has 0 aliphatic carbocycles. The van der Waals surface area contributed by atoms with Crippen LogP contribution in [0.4, 0.5) is 0 Å². The number of hydrogen-bond acceptors (Lipinski definition) is 5. The summed E-state index contributed by atoms with van der Waals surface area (Å²) >= 11 is 0. The van der Waals surface area contributed by atoms with Crippen LogP contribution >= 0.6 is 0 Å². The molecule has 3 rings (SSSR count). The fourth-order valence-electron chi connectivity index (χ4n) is 2.93. The van der Waals surface area contributed by atoms with Crippen molar-refractivity contribution in [1.82, 2.24) is 0 Å². The van der Waals surface area contributed by atoms with E-state index < -0.39 is 26.6 Å². The second-order valence-corrected chi connectivity index (χ2v) is 9.07. The van der Waals surface area contributed by atoms with Gasteiger partial charge in [0.1, 0.15) is 11.2 Å². The molecule has 1 aromatic rings. The SMILES string of the molecule is CC1(C)CC(S(=O)(=O)CC2(c3ccccc3)OC2(C)C)=NO1. The fraction of sp³-hybridized carbons (Fsp3) is 0.562. The fourth-order valence-corrected chi connectivity index (χ4v) is 4.92. The van der Waals surface area contributed by atoms with Crippen LogP contribution in [-0.4, -0.2) is 30.4 Å². The lowest BCUT2D eigenvalue weighted by molar-refractivity contribution is 0.0123. The van der Waals surface area contributed by atoms with Gasteiger partial charge in [0.25, 0.3) is 0 Å². The van der Waals surface area contributed by atoms with Crippen molar-refractivity contribution < 1.29 is 18.0 Å². The number of hydrogen-bond donors (Lipinski definition) is 0. The van der Waals surface area contributed by atoms with Crippen LogP contribution in [0.2, 0.25) is 0 Å². The van der Waals surface area contributed by atoms with E-state index in [4.69, 9.17) is 9.57 Å². The van der Waals surface area contributed by atoms with Crippen LogP contribution in [0.5, 0.6) is 0 Å². The zero-order chi connectivity index (χ0) is 16.2. The molecular weight excluding hydrogens is 302 g/mol. The Morgan fingerprint density at radius 3 is 2.18 bits per heavy atom. The van der Waals surface area contributed by atoms with Crippen molar-refractivity contribution in [3.63, 3.8) is 0 Å². The van der Waals surface area contributed by atoms with Gasteiger partial charge in [-0.2, -0.15) is 0 Å². The molecule has 2 heterocycles. The maximum absolute atomic E-state index is 12.7. The average molecular weight is 323 g/mol. The van der Waals surface area contributed by atoms with Gasteiger partial charge in [0.2, 0.25) is 0 Å². The highest BCUT2D eigenvalue weighted by molar-refractivity contribution is 8.06. The number of ether oxygens (including phenoxy) is 1. The van der Waals surface area contributed by atoms with Crippen molar-refractivity contribution in [2.75, 3.05) is 5.75 Å². The normalized spacial score (nSPS) is 28.8. The first kappa shape index (κ1) is 15.5. The molecule has 0 spiro atoms. The lowest BCUT2D eigenvalue weighted by Gasteiger charge is -2.16. The summed E-state index contributed by atoms with van der Waals surface area (Å²) in [7, 11) is -3.55. The first-order valence-electron chi connectivity index (χ1n) is 7.32. The number of nitrogens with zero attached hydrogens (tertiary/aromatic N) is 1. The summed E-state index contributed by atoms with van der Waals surface area (Å²) in [5, 5.41) is 3.90. The van der Waals surface area contributed by atoms with Gasteiger partial charge in [-0.15, -0.1) is 0 Å². The van der Waals surface area contributed by atoms with Crippen molar-refractivity contribution in [3.8, 4) is 0 Å². The Labute approximate surface area is 131 Å². The second kappa shape index (κ2) is 4.55. The molecule has 6 heteroatoms. The van der Waals surface area contributed by atoms with E-state index in [0.717, 1.165) is 5.56 Å². The first-order chi connectivity index (χ1) is 10.1. The molecule has 120 valence electrons. The molecule has 1 unspecified atom stereocenters. The van der Waals surface area contributed by atoms with Gasteiger partial charge in [0, 0.05) is 6.42 Å². The minimum atomic E-state index is -3.55. The third-order valence-corrected chi connectivity index (χ3v) is 6.05. The molecule has 1 aromatic carbocycles. The molecule has 0 saturated carbocycles. The molecule has 0 aromatic heterocycles. The molecule has 0 bridgehead atoms. The molecule has 5 nitrogen and oxygen atoms in total. The summed E-state index contributed by atoms with van der Waals surface area (Å²) < 4.78 is 31.3. The zero-order valence-corrected chi connectivity index (χ0v) is 14.1. The molecular formula is C16H21NO4S. The summed E-state index contributed by atoms with van der Waals surface area (Å²) in [5.74, 6) is -0.116. The third kappa shape index (κ3) is 2.44. The lowest BCUT2D eigenvalue weighted by Crippen LogP contribution is -2.32. The van der Waals surface area contributed by atoms with Gasteiger partial charge in [-0.25, -0.2) is 8.42 Å². The second-order valence-electron chi connectivity index (χ2n) is 7.08. The van der Waals surface area contributed by atoms with Crippen LogP contribution in [-0.2, 0) is 25.0 Å². The predicted octanol–water partition coefficient (Wildman–Crippen LogP) is 2.62. The molecule has 0 radical (unpaired) electrons. The van der Waals surface area contributed by atoms with Crippen LogP contribution in [0.25, 0.3) is 0 Å². The molecule has 22 heavy (non-hydrogen) atoms. The van der Waals surface area contributed by atoms with Gasteiger partial charge in [0.15, 0.2) is 14.9 Å². The molecule has 1 atom stereocenters. The van der Waals surface area contributed by atoms with Gasteiger partial charge < -0.3 is 9.57 Å². The summed E-state index contributed by atoms with van der Waals surface area (Å²) in [5.41, 5.74) is -1.02. The van der Waals surface area contributed by atoms with E-state index in [1.807, 2.05) is 58.0 Å². The highest BCUT2D eigenvalue weighted by Gasteiger charge is 2.67. The van der Waals surface area contributed by atoms with E-state index in [1.54, 1.807) is 0 Å². The number of rotatable bonds is 3. The van der Waals surface area contributed by atoms with Crippen molar-refractivity contribution in [2.24, 2.45) is 5.16 Å². The van der Waals surface area contributed by atoms with Gasteiger partial charge in [0.05, 0.1) is 11.4 Å². The van der Waals surface area contributed by atoms with Crippen molar-refractivity contribution >= 4 is 14.9 Å². The maximum atomic E-state index is 12.7. The smallest absolute Gasteiger partial charge is 0.198 e. The van der Waals surface area contributed by atoms with Gasteiger partial charge in [-0.1, -0.05) is 35.5 Å². The standard InChI is InChI=1S/C16H21NO4S/c1-14(2)10-13(17-21-14)22(18,19)11-16(15(3,4)20-16)12-8-6-5-7-9-12/h5-9H,10-11H2,1-4H3. The molecule has 1 saturated heterocycles. The number of benzene rings is 1. The van der Waals surface area contributed by atoms with Crippen molar-refractivity contribution in [2.45, 2.75) is 50.9 Å². The van der Waals surface area contributed by atoms with Crippen molar-refractivity contribution in [3.05, 3.63) is 35.9 Å². The van der Waals surface area contributed by atoms with Crippen LogP contribution in [0, 0.1) is 0 Å². The van der Waals surface area contributed by atoms with Crippen LogP contribution in [0.3, 0.4) is 0 Å². The molecule has 2 aliphatic rings. The first-order valence-corrected chi connectivity index (χ1v) is 8.97. The van der Waals surface area contributed by atoms with E-state index in [2.05, 4.69) is 5.16 Å². The molecule has 0 N–H and O–H groups in total. The van der Waals surface area contributed by atoms with Crippen LogP contribution < -0.4 is 0 Å². The maximum Gasteiger partial charge on any atom is 0.198 e. The van der Waals surface area contributed by atoms with E-state index in [9.17, 15) is 8.42 Å². The molecule has 0 amide bonds. The Hall–Kier alpha value is -1.40. The molecule has 1 fully saturated rings. The molecule has 2 aliphatic heterocycles. The Morgan fingerprint density at radius 2 is 1.73 bits per heavy atom. The predicted molar refractivity (Wildman–Crippen MR) is 84.3 cm³/mol. The monoisotopic (exact) mass is 323 g/mol. The van der Waals surface area contributed by atoms with E-state index >= 15 is 0 Å². The highest BCUT2D eigenvalue weighted by atomic mass is 32.2. The number of sulfone groups is 1. The minimum absolute atomic E-state index is 0.110. The average Bonchev–Trinajstić information content (AvgIpc) is 2.77. The topological polar surface area (TPSA) is 68.3 Å². The Kier molecular flexibility index (Phi) is 3.21. The quantitative estimate of drug-likeness (QED) is 0.802. The summed E-state index contributed by atoms with van der Waals surface area (Å²) in [6.45, 7) is 7.46. The van der Waals surface area contributed by atoms with Crippen LogP contribution in [0.15, 0.2) is 35.5 Å². The van der Waals surface area contributed by atoms with Gasteiger partial charge >= 0.3 is 0 Å². The van der Waals surface area contributed by atoms with Gasteiger partial charge in [-0.3, -0.25) is 0 Å². The Morgan fingerprint density at radius 1 is 1.14 bits per heavy atom. The van der Waals surface area contributed by atoms with E-state index in [0.29, 0.717) is 6.42 Å². The largest absolute Gasteiger partial charge is 0.389 e.